The number of hydrogen-bond acceptors (Lipinski definition) is 3. The summed E-state index contributed by atoms with van der Waals surface area (Å²) >= 11 is 0. The molecule has 0 radical (unpaired) electrons. The number of para-hydroxylation sites is 1. The maximum atomic E-state index is 12.0. The van der Waals surface area contributed by atoms with Crippen LogP contribution in [0.1, 0.15) is 18.2 Å². The Labute approximate surface area is 128 Å². The van der Waals surface area contributed by atoms with Gasteiger partial charge >= 0.3 is 0 Å². The summed E-state index contributed by atoms with van der Waals surface area (Å²) in [5.74, 6) is 0.687. The van der Waals surface area contributed by atoms with Gasteiger partial charge in [-0.25, -0.2) is 0 Å². The Kier molecular flexibility index (Phi) is 4.01. The van der Waals surface area contributed by atoms with Gasteiger partial charge in [-0.05, 0) is 24.3 Å². The van der Waals surface area contributed by atoms with Gasteiger partial charge in [-0.15, -0.1) is 0 Å². The third-order valence-electron chi connectivity index (χ3n) is 3.36. The standard InChI is InChI=1S/C18H16N2O2/c1-2-16-15(14-7-3-4-8-17(14)22-16)9-10-18(21)20-13-6-5-11-19-12-13/h3-12H,2H2,1H3,(H,20,21)/b10-9+. The number of nitrogens with zero attached hydrogens (tertiary/aromatic N) is 1. The van der Waals surface area contributed by atoms with Crippen LogP contribution in [0.4, 0.5) is 5.69 Å². The van der Waals surface area contributed by atoms with Crippen molar-refractivity contribution in [1.29, 1.82) is 0 Å². The van der Waals surface area contributed by atoms with Gasteiger partial charge in [-0.2, -0.15) is 0 Å². The van der Waals surface area contributed by atoms with Crippen molar-refractivity contribution < 1.29 is 9.21 Å². The highest BCUT2D eigenvalue weighted by atomic mass is 16.3. The Bertz CT molecular complexity index is 819. The second-order valence-corrected chi connectivity index (χ2v) is 4.85. The van der Waals surface area contributed by atoms with Gasteiger partial charge in [0.05, 0.1) is 11.9 Å². The molecule has 4 heteroatoms. The minimum Gasteiger partial charge on any atom is -0.460 e. The normalized spacial score (nSPS) is 11.1. The summed E-state index contributed by atoms with van der Waals surface area (Å²) in [6.07, 6.45) is 7.37. The van der Waals surface area contributed by atoms with Crippen LogP contribution < -0.4 is 5.32 Å². The quantitative estimate of drug-likeness (QED) is 0.738. The van der Waals surface area contributed by atoms with E-state index in [1.165, 1.54) is 6.08 Å². The van der Waals surface area contributed by atoms with Gasteiger partial charge < -0.3 is 9.73 Å². The average Bonchev–Trinajstić information content (AvgIpc) is 2.91. The Morgan fingerprint density at radius 3 is 2.91 bits per heavy atom. The highest BCUT2D eigenvalue weighted by Gasteiger charge is 2.10. The van der Waals surface area contributed by atoms with Crippen LogP contribution in [0.15, 0.2) is 59.3 Å². The number of nitrogens with one attached hydrogen (secondary N) is 1. The van der Waals surface area contributed by atoms with Crippen molar-refractivity contribution in [2.24, 2.45) is 0 Å². The number of carbonyl (C=O) groups excluding carboxylic acids is 1. The molecule has 1 amide bonds. The van der Waals surface area contributed by atoms with Crippen molar-refractivity contribution in [2.75, 3.05) is 5.32 Å². The summed E-state index contributed by atoms with van der Waals surface area (Å²) in [7, 11) is 0. The number of aryl methyl sites for hydroxylation is 1. The van der Waals surface area contributed by atoms with Crippen molar-refractivity contribution in [3.8, 4) is 0 Å². The second kappa shape index (κ2) is 6.26. The van der Waals surface area contributed by atoms with Crippen molar-refractivity contribution in [3.63, 3.8) is 0 Å². The molecule has 0 saturated heterocycles. The van der Waals surface area contributed by atoms with E-state index in [2.05, 4.69) is 10.3 Å². The van der Waals surface area contributed by atoms with Crippen LogP contribution >= 0.6 is 0 Å². The lowest BCUT2D eigenvalue weighted by Crippen LogP contribution is -2.07. The van der Waals surface area contributed by atoms with Gasteiger partial charge in [0.25, 0.3) is 0 Å². The molecule has 1 aromatic carbocycles. The lowest BCUT2D eigenvalue weighted by atomic mass is 10.1. The number of hydrogen-bond donors (Lipinski definition) is 1. The molecule has 3 aromatic rings. The van der Waals surface area contributed by atoms with Crippen LogP contribution in [0, 0.1) is 0 Å². The molecule has 0 bridgehead atoms. The van der Waals surface area contributed by atoms with Crippen LogP contribution in [0.25, 0.3) is 17.0 Å². The fourth-order valence-electron chi connectivity index (χ4n) is 2.34. The van der Waals surface area contributed by atoms with Crippen molar-refractivity contribution >= 4 is 28.6 Å². The van der Waals surface area contributed by atoms with E-state index in [1.807, 2.05) is 31.2 Å². The van der Waals surface area contributed by atoms with Crippen LogP contribution in [0.2, 0.25) is 0 Å². The minimum atomic E-state index is -0.194. The molecule has 110 valence electrons. The zero-order valence-corrected chi connectivity index (χ0v) is 12.2. The first-order valence-corrected chi connectivity index (χ1v) is 7.17. The third kappa shape index (κ3) is 2.91. The highest BCUT2D eigenvalue weighted by Crippen LogP contribution is 2.27. The molecular formula is C18H16N2O2. The van der Waals surface area contributed by atoms with E-state index >= 15 is 0 Å². The van der Waals surface area contributed by atoms with Crippen LogP contribution in [0.3, 0.4) is 0 Å². The number of furan rings is 1. The first-order chi connectivity index (χ1) is 10.8. The molecule has 2 aromatic heterocycles. The van der Waals surface area contributed by atoms with E-state index in [-0.39, 0.29) is 5.91 Å². The van der Waals surface area contributed by atoms with Crippen LogP contribution in [-0.2, 0) is 11.2 Å². The Morgan fingerprint density at radius 2 is 2.14 bits per heavy atom. The molecule has 3 rings (SSSR count). The van der Waals surface area contributed by atoms with Gasteiger partial charge in [-0.1, -0.05) is 25.1 Å². The number of anilines is 1. The van der Waals surface area contributed by atoms with E-state index in [0.29, 0.717) is 5.69 Å². The number of carbonyl (C=O) groups is 1. The largest absolute Gasteiger partial charge is 0.460 e. The van der Waals surface area contributed by atoms with Gasteiger partial charge in [0, 0.05) is 29.6 Å². The van der Waals surface area contributed by atoms with Crippen LogP contribution in [0.5, 0.6) is 0 Å². The number of fused-ring (bicyclic) bond motifs is 1. The minimum absolute atomic E-state index is 0.194. The first-order valence-electron chi connectivity index (χ1n) is 7.17. The highest BCUT2D eigenvalue weighted by molar-refractivity contribution is 6.03. The molecule has 0 aliphatic heterocycles. The summed E-state index contributed by atoms with van der Waals surface area (Å²) in [4.78, 5) is 15.9. The number of amides is 1. The molecular weight excluding hydrogens is 276 g/mol. The summed E-state index contributed by atoms with van der Waals surface area (Å²) < 4.78 is 5.81. The summed E-state index contributed by atoms with van der Waals surface area (Å²) in [6, 6.07) is 11.4. The molecule has 1 N–H and O–H groups in total. The maximum absolute atomic E-state index is 12.0. The molecule has 0 fully saturated rings. The third-order valence-corrected chi connectivity index (χ3v) is 3.36. The molecule has 0 aliphatic carbocycles. The molecule has 0 saturated carbocycles. The van der Waals surface area contributed by atoms with Gasteiger partial charge in [0.15, 0.2) is 0 Å². The lowest BCUT2D eigenvalue weighted by Gasteiger charge is -2.00. The lowest BCUT2D eigenvalue weighted by molar-refractivity contribution is -0.111. The zero-order chi connectivity index (χ0) is 15.4. The predicted molar refractivity (Wildman–Crippen MR) is 87.5 cm³/mol. The molecule has 0 spiro atoms. The van der Waals surface area contributed by atoms with Gasteiger partial charge in [0.2, 0.25) is 5.91 Å². The summed E-state index contributed by atoms with van der Waals surface area (Å²) in [5.41, 5.74) is 2.47. The van der Waals surface area contributed by atoms with Crippen LogP contribution in [-0.4, -0.2) is 10.9 Å². The summed E-state index contributed by atoms with van der Waals surface area (Å²) in [6.45, 7) is 2.03. The zero-order valence-electron chi connectivity index (χ0n) is 12.2. The summed E-state index contributed by atoms with van der Waals surface area (Å²) in [5, 5.41) is 3.79. The topological polar surface area (TPSA) is 55.1 Å². The Balaban J connectivity index is 1.84. The molecule has 0 unspecified atom stereocenters. The van der Waals surface area contributed by atoms with Crippen molar-refractivity contribution in [3.05, 3.63) is 66.2 Å². The van der Waals surface area contributed by atoms with Crippen molar-refractivity contribution in [2.45, 2.75) is 13.3 Å². The number of benzene rings is 1. The molecule has 2 heterocycles. The van der Waals surface area contributed by atoms with E-state index in [0.717, 1.165) is 28.7 Å². The fourth-order valence-corrected chi connectivity index (χ4v) is 2.34. The average molecular weight is 292 g/mol. The monoisotopic (exact) mass is 292 g/mol. The van der Waals surface area contributed by atoms with E-state index < -0.39 is 0 Å². The Hall–Kier alpha value is -2.88. The van der Waals surface area contributed by atoms with E-state index in [9.17, 15) is 4.79 Å². The number of rotatable bonds is 4. The number of pyridine rings is 1. The van der Waals surface area contributed by atoms with Gasteiger partial charge in [-0.3, -0.25) is 9.78 Å². The van der Waals surface area contributed by atoms with Gasteiger partial charge in [0.1, 0.15) is 11.3 Å². The molecule has 22 heavy (non-hydrogen) atoms. The predicted octanol–water partition coefficient (Wildman–Crippen LogP) is 4.04. The smallest absolute Gasteiger partial charge is 0.248 e. The maximum Gasteiger partial charge on any atom is 0.248 e. The van der Waals surface area contributed by atoms with E-state index in [1.54, 1.807) is 30.6 Å². The van der Waals surface area contributed by atoms with E-state index in [4.69, 9.17) is 4.42 Å². The SMILES string of the molecule is CCc1oc2ccccc2c1/C=C/C(=O)Nc1cccnc1. The first kappa shape index (κ1) is 14.1. The molecule has 4 nitrogen and oxygen atoms in total. The molecule has 0 atom stereocenters. The van der Waals surface area contributed by atoms with Crippen molar-refractivity contribution in [1.82, 2.24) is 4.98 Å². The fraction of sp³-hybridized carbons (Fsp3) is 0.111. The Morgan fingerprint density at radius 1 is 1.27 bits per heavy atom. The second-order valence-electron chi connectivity index (χ2n) is 4.85. The molecule has 0 aliphatic rings. The number of aromatic nitrogens is 1.